The van der Waals surface area contributed by atoms with E-state index in [2.05, 4.69) is 25.9 Å². The quantitative estimate of drug-likeness (QED) is 0.638. The molecule has 2 aromatic heterocycles. The predicted molar refractivity (Wildman–Crippen MR) is 86.7 cm³/mol. The van der Waals surface area contributed by atoms with E-state index in [1.165, 1.54) is 0 Å². The van der Waals surface area contributed by atoms with Gasteiger partial charge in [0.25, 0.3) is 0 Å². The summed E-state index contributed by atoms with van der Waals surface area (Å²) in [5.74, 6) is -0.755. The van der Waals surface area contributed by atoms with E-state index in [0.717, 1.165) is 17.6 Å². The standard InChI is InChI=1S/C15H11F6N5O2S/c16-14(17,18)9-2-1-6(3-22-9)10(8-5-29-12(24-8)15(19,20)21)26-11(27)7-4-23-13(28)25-7/h1-3,5,7,10H,4H2,(H,26,27)(H2,23,25,28). The lowest BCUT2D eigenvalue weighted by Crippen LogP contribution is -2.44. The number of nitrogens with zero attached hydrogens (tertiary/aromatic N) is 2. The van der Waals surface area contributed by atoms with Crippen molar-refractivity contribution in [2.45, 2.75) is 24.4 Å². The first-order valence-corrected chi connectivity index (χ1v) is 8.73. The number of carbonyl (C=O) groups is 2. The average molecular weight is 439 g/mol. The minimum atomic E-state index is -4.72. The van der Waals surface area contributed by atoms with Crippen LogP contribution in [0.15, 0.2) is 23.7 Å². The number of pyridine rings is 1. The number of rotatable bonds is 4. The second-order valence-corrected chi connectivity index (χ2v) is 6.76. The topological polar surface area (TPSA) is 96.0 Å². The summed E-state index contributed by atoms with van der Waals surface area (Å²) < 4.78 is 76.8. The molecule has 3 rings (SSSR count). The summed E-state index contributed by atoms with van der Waals surface area (Å²) in [5.41, 5.74) is -1.44. The van der Waals surface area contributed by atoms with Gasteiger partial charge in [0.2, 0.25) is 5.91 Å². The molecule has 2 atom stereocenters. The number of hydrogen-bond donors (Lipinski definition) is 3. The van der Waals surface area contributed by atoms with Gasteiger partial charge in [0, 0.05) is 18.1 Å². The molecule has 0 aromatic carbocycles. The van der Waals surface area contributed by atoms with Gasteiger partial charge in [-0.25, -0.2) is 9.78 Å². The molecule has 1 aliphatic heterocycles. The maximum Gasteiger partial charge on any atom is 0.443 e. The number of carbonyl (C=O) groups excluding carboxylic acids is 2. The van der Waals surface area contributed by atoms with Crippen LogP contribution in [0.3, 0.4) is 0 Å². The zero-order chi connectivity index (χ0) is 21.4. The Balaban J connectivity index is 1.92. The first-order chi connectivity index (χ1) is 13.4. The fraction of sp³-hybridized carbons (Fsp3) is 0.333. The molecule has 0 aliphatic carbocycles. The van der Waals surface area contributed by atoms with Gasteiger partial charge in [-0.2, -0.15) is 26.3 Å². The van der Waals surface area contributed by atoms with E-state index in [4.69, 9.17) is 0 Å². The maximum absolute atomic E-state index is 12.9. The molecule has 0 spiro atoms. The molecule has 1 saturated heterocycles. The molecule has 1 fully saturated rings. The van der Waals surface area contributed by atoms with Gasteiger partial charge in [-0.15, -0.1) is 11.3 Å². The second-order valence-electron chi connectivity index (χ2n) is 5.90. The minimum absolute atomic E-state index is 0.0114. The van der Waals surface area contributed by atoms with Crippen molar-refractivity contribution in [3.63, 3.8) is 0 Å². The highest BCUT2D eigenvalue weighted by Crippen LogP contribution is 2.34. The Morgan fingerprint density at radius 1 is 1.21 bits per heavy atom. The highest BCUT2D eigenvalue weighted by molar-refractivity contribution is 7.09. The van der Waals surface area contributed by atoms with Crippen molar-refractivity contribution in [2.75, 3.05) is 6.54 Å². The third-order valence-corrected chi connectivity index (χ3v) is 4.75. The summed E-state index contributed by atoms with van der Waals surface area (Å²) in [6.45, 7) is -0.0620. The Morgan fingerprint density at radius 2 is 1.93 bits per heavy atom. The average Bonchev–Trinajstić information content (AvgIpc) is 3.28. The third kappa shape index (κ3) is 4.75. The number of alkyl halides is 6. The molecule has 0 saturated carbocycles. The summed E-state index contributed by atoms with van der Waals surface area (Å²) in [5, 5.41) is 6.89. The number of urea groups is 1. The molecule has 29 heavy (non-hydrogen) atoms. The van der Waals surface area contributed by atoms with E-state index in [1.54, 1.807) is 0 Å². The number of aromatic nitrogens is 2. The summed E-state index contributed by atoms with van der Waals surface area (Å²) in [4.78, 5) is 30.3. The SMILES string of the molecule is O=C1NCC(C(=O)NC(c2ccc(C(F)(F)F)nc2)c2csc(C(F)(F)F)n2)N1. The lowest BCUT2D eigenvalue weighted by atomic mass is 10.1. The van der Waals surface area contributed by atoms with Crippen LogP contribution in [0.25, 0.3) is 0 Å². The van der Waals surface area contributed by atoms with Crippen LogP contribution in [0.1, 0.15) is 28.0 Å². The van der Waals surface area contributed by atoms with E-state index in [9.17, 15) is 35.9 Å². The molecule has 2 aromatic rings. The molecular weight excluding hydrogens is 428 g/mol. The summed E-state index contributed by atoms with van der Waals surface area (Å²) >= 11 is 0.277. The van der Waals surface area contributed by atoms with Crippen molar-refractivity contribution in [3.05, 3.63) is 45.7 Å². The number of halogens is 6. The molecule has 7 nitrogen and oxygen atoms in total. The Labute approximate surface area is 162 Å². The van der Waals surface area contributed by atoms with Crippen LogP contribution in [-0.2, 0) is 17.1 Å². The molecule has 3 N–H and O–H groups in total. The van der Waals surface area contributed by atoms with Crippen molar-refractivity contribution >= 4 is 23.3 Å². The first kappa shape index (κ1) is 20.8. The Kier molecular flexibility index (Phi) is 5.38. The Bertz CT molecular complexity index is 911. The largest absolute Gasteiger partial charge is 0.443 e. The van der Waals surface area contributed by atoms with Gasteiger partial charge in [0.05, 0.1) is 11.7 Å². The monoisotopic (exact) mass is 439 g/mol. The fourth-order valence-corrected chi connectivity index (χ4v) is 3.19. The molecule has 3 amide bonds. The smallest absolute Gasteiger partial charge is 0.342 e. The van der Waals surface area contributed by atoms with Crippen LogP contribution >= 0.6 is 11.3 Å². The van der Waals surface area contributed by atoms with Crippen molar-refractivity contribution < 1.29 is 35.9 Å². The van der Waals surface area contributed by atoms with Gasteiger partial charge < -0.3 is 16.0 Å². The van der Waals surface area contributed by atoms with Crippen LogP contribution in [-0.4, -0.2) is 34.5 Å². The van der Waals surface area contributed by atoms with Gasteiger partial charge >= 0.3 is 18.4 Å². The zero-order valence-electron chi connectivity index (χ0n) is 14.1. The number of nitrogens with one attached hydrogen (secondary N) is 3. The second kappa shape index (κ2) is 7.50. The van der Waals surface area contributed by atoms with Crippen LogP contribution in [0.2, 0.25) is 0 Å². The van der Waals surface area contributed by atoms with Crippen molar-refractivity contribution in [1.29, 1.82) is 0 Å². The Hall–Kier alpha value is -2.90. The van der Waals surface area contributed by atoms with Crippen molar-refractivity contribution in [3.8, 4) is 0 Å². The maximum atomic E-state index is 12.9. The van der Waals surface area contributed by atoms with E-state index >= 15 is 0 Å². The molecule has 0 radical (unpaired) electrons. The molecular formula is C15H11F6N5O2S. The Morgan fingerprint density at radius 3 is 2.41 bits per heavy atom. The highest BCUT2D eigenvalue weighted by Gasteiger charge is 2.37. The minimum Gasteiger partial charge on any atom is -0.342 e. The number of thiazole rings is 1. The number of amides is 3. The van der Waals surface area contributed by atoms with Crippen LogP contribution in [0.5, 0.6) is 0 Å². The fourth-order valence-electron chi connectivity index (χ4n) is 2.48. The normalized spacial score (nSPS) is 18.1. The summed E-state index contributed by atoms with van der Waals surface area (Å²) in [7, 11) is 0. The highest BCUT2D eigenvalue weighted by atomic mass is 32.1. The van der Waals surface area contributed by atoms with Crippen molar-refractivity contribution in [1.82, 2.24) is 25.9 Å². The lowest BCUT2D eigenvalue weighted by molar-refractivity contribution is -0.141. The van der Waals surface area contributed by atoms with Crippen LogP contribution < -0.4 is 16.0 Å². The third-order valence-electron chi connectivity index (χ3n) is 3.85. The van der Waals surface area contributed by atoms with E-state index in [-0.39, 0.29) is 29.1 Å². The number of hydrogen-bond acceptors (Lipinski definition) is 5. The molecule has 3 heterocycles. The van der Waals surface area contributed by atoms with Gasteiger partial charge in [0.15, 0.2) is 5.01 Å². The lowest BCUT2D eigenvalue weighted by Gasteiger charge is -2.20. The molecule has 1 aliphatic rings. The van der Waals surface area contributed by atoms with Gasteiger partial charge in [0.1, 0.15) is 11.7 Å². The molecule has 2 unspecified atom stereocenters. The summed E-state index contributed by atoms with van der Waals surface area (Å²) in [6.07, 6.45) is -8.63. The van der Waals surface area contributed by atoms with Crippen LogP contribution in [0.4, 0.5) is 31.1 Å². The summed E-state index contributed by atoms with van der Waals surface area (Å²) in [6, 6.07) is -1.29. The van der Waals surface area contributed by atoms with Crippen LogP contribution in [0, 0.1) is 0 Å². The predicted octanol–water partition coefficient (Wildman–Crippen LogP) is 2.46. The molecule has 0 bridgehead atoms. The van der Waals surface area contributed by atoms with Gasteiger partial charge in [-0.1, -0.05) is 6.07 Å². The molecule has 156 valence electrons. The van der Waals surface area contributed by atoms with Gasteiger partial charge in [-0.05, 0) is 11.6 Å². The first-order valence-electron chi connectivity index (χ1n) is 7.85. The molecule has 14 heteroatoms. The zero-order valence-corrected chi connectivity index (χ0v) is 14.9. The van der Waals surface area contributed by atoms with E-state index in [0.29, 0.717) is 6.07 Å². The van der Waals surface area contributed by atoms with Crippen molar-refractivity contribution in [2.24, 2.45) is 0 Å². The van der Waals surface area contributed by atoms with E-state index < -0.39 is 47.1 Å². The van der Waals surface area contributed by atoms with Gasteiger partial charge in [-0.3, -0.25) is 9.78 Å². The van der Waals surface area contributed by atoms with E-state index in [1.807, 2.05) is 0 Å².